The van der Waals surface area contributed by atoms with E-state index in [4.69, 9.17) is 9.73 Å². The molecule has 0 aliphatic heterocycles. The van der Waals surface area contributed by atoms with Gasteiger partial charge in [0.1, 0.15) is 0 Å². The third kappa shape index (κ3) is 5.33. The fraction of sp³-hybridized carbons (Fsp3) is 0.444. The predicted octanol–water partition coefficient (Wildman–Crippen LogP) is 9.32. The van der Waals surface area contributed by atoms with Gasteiger partial charge in [-0.15, -0.1) is 0 Å². The first-order valence-corrected chi connectivity index (χ1v) is 12.9. The molecule has 5 heteroatoms. The van der Waals surface area contributed by atoms with Crippen LogP contribution in [-0.4, -0.2) is 10.2 Å². The normalized spacial score (nSPS) is 13.4. The quantitative estimate of drug-likeness (QED) is 0.279. The number of hydrogen-bond acceptors (Lipinski definition) is 2. The number of rotatable bonds is 3. The summed E-state index contributed by atoms with van der Waals surface area (Å²) in [6.45, 7) is 21.9. The topological polar surface area (TPSA) is 26.5 Å². The largest absolute Gasteiger partial charge is 0.431 e. The summed E-state index contributed by atoms with van der Waals surface area (Å²) in [6.07, 6.45) is 0. The Morgan fingerprint density at radius 2 is 1.31 bits per heavy atom. The van der Waals surface area contributed by atoms with Gasteiger partial charge in [-0.3, -0.25) is 4.33 Å². The zero-order valence-corrected chi connectivity index (χ0v) is 23.0. The van der Waals surface area contributed by atoms with Crippen LogP contribution in [0.3, 0.4) is 0 Å². The van der Waals surface area contributed by atoms with Gasteiger partial charge in [0, 0.05) is 19.0 Å². The second kappa shape index (κ2) is 9.12. The van der Waals surface area contributed by atoms with Crippen LogP contribution >= 0.6 is 16.5 Å². The van der Waals surface area contributed by atoms with Crippen molar-refractivity contribution in [3.63, 3.8) is 0 Å². The molecule has 170 valence electrons. The summed E-state index contributed by atoms with van der Waals surface area (Å²) >= 11 is 0. The maximum atomic E-state index is 6.63. The Kier molecular flexibility index (Phi) is 7.04. The van der Waals surface area contributed by atoms with Crippen LogP contribution in [0.25, 0.3) is 5.69 Å². The van der Waals surface area contributed by atoms with Crippen molar-refractivity contribution >= 4 is 28.1 Å². The van der Waals surface area contributed by atoms with Gasteiger partial charge in [-0.1, -0.05) is 77.9 Å². The van der Waals surface area contributed by atoms with Crippen molar-refractivity contribution in [2.75, 3.05) is 0 Å². The van der Waals surface area contributed by atoms with E-state index in [-0.39, 0.29) is 10.8 Å². The molecule has 0 unspecified atom stereocenters. The molecule has 0 amide bonds. The number of para-hydroxylation sites is 2. The molecule has 0 atom stereocenters. The minimum Gasteiger partial charge on any atom is -0.431 e. The Hall–Kier alpha value is -1.95. The SMILES string of the molecule is Cc1cccc(C)c1N=C(Oc1pc(C(C)(C)C)n(-c2c(C)cccc2C)p1)C(C)(C)C. The van der Waals surface area contributed by atoms with Crippen LogP contribution in [0.15, 0.2) is 41.4 Å². The highest BCUT2D eigenvalue weighted by atomic mass is 31.1. The van der Waals surface area contributed by atoms with Crippen molar-refractivity contribution in [3.05, 3.63) is 64.1 Å². The van der Waals surface area contributed by atoms with Crippen molar-refractivity contribution in [3.8, 4) is 10.9 Å². The molecule has 3 nitrogen and oxygen atoms in total. The molecule has 0 N–H and O–H groups in total. The van der Waals surface area contributed by atoms with E-state index in [1.165, 1.54) is 33.4 Å². The van der Waals surface area contributed by atoms with E-state index in [0.29, 0.717) is 0 Å². The third-order valence-corrected chi connectivity index (χ3v) is 8.35. The lowest BCUT2D eigenvalue weighted by Gasteiger charge is -2.22. The zero-order valence-electron chi connectivity index (χ0n) is 21.2. The lowest BCUT2D eigenvalue weighted by Crippen LogP contribution is -2.25. The lowest BCUT2D eigenvalue weighted by atomic mass is 9.96. The molecule has 2 aromatic carbocycles. The van der Waals surface area contributed by atoms with Gasteiger partial charge in [0.05, 0.1) is 25.2 Å². The molecule has 3 aromatic rings. The Morgan fingerprint density at radius 3 is 1.78 bits per heavy atom. The minimum absolute atomic E-state index is 0.0278. The molecule has 1 aromatic heterocycles. The van der Waals surface area contributed by atoms with E-state index in [0.717, 1.165) is 33.3 Å². The van der Waals surface area contributed by atoms with Crippen molar-refractivity contribution < 1.29 is 4.74 Å². The van der Waals surface area contributed by atoms with Crippen LogP contribution in [0.2, 0.25) is 0 Å². The van der Waals surface area contributed by atoms with Crippen LogP contribution in [0.5, 0.6) is 5.21 Å². The van der Waals surface area contributed by atoms with E-state index in [1.54, 1.807) is 0 Å². The lowest BCUT2D eigenvalue weighted by molar-refractivity contribution is 0.447. The summed E-state index contributed by atoms with van der Waals surface area (Å²) in [4.78, 5) is 5.05. The number of ether oxygens (including phenoxy) is 1. The molecule has 0 bridgehead atoms. The van der Waals surface area contributed by atoms with Gasteiger partial charge >= 0.3 is 0 Å². The Bertz CT molecular complexity index is 1120. The summed E-state index contributed by atoms with van der Waals surface area (Å²) in [6, 6.07) is 12.8. The molecular formula is C27H36N2OP2. The maximum absolute atomic E-state index is 6.63. The van der Waals surface area contributed by atoms with Gasteiger partial charge in [-0.05, 0) is 49.9 Å². The van der Waals surface area contributed by atoms with Crippen molar-refractivity contribution in [2.24, 2.45) is 10.4 Å². The molecule has 32 heavy (non-hydrogen) atoms. The molecule has 1 heterocycles. The Morgan fingerprint density at radius 1 is 0.812 bits per heavy atom. The van der Waals surface area contributed by atoms with Crippen LogP contribution in [0.1, 0.15) is 69.2 Å². The monoisotopic (exact) mass is 466 g/mol. The highest BCUT2D eigenvalue weighted by Crippen LogP contribution is 2.48. The van der Waals surface area contributed by atoms with Crippen molar-refractivity contribution in [2.45, 2.75) is 74.7 Å². The van der Waals surface area contributed by atoms with Crippen LogP contribution in [0.4, 0.5) is 5.69 Å². The first-order valence-electron chi connectivity index (χ1n) is 11.2. The third-order valence-electron chi connectivity index (χ3n) is 5.39. The second-order valence-corrected chi connectivity index (χ2v) is 13.0. The Balaban J connectivity index is 2.15. The fourth-order valence-electron chi connectivity index (χ4n) is 3.63. The molecule has 0 fully saturated rings. The first kappa shape index (κ1) is 24.7. The molecule has 0 spiro atoms. The number of aliphatic imine (C=N–C) groups is 1. The average molecular weight is 467 g/mol. The summed E-state index contributed by atoms with van der Waals surface area (Å²) in [7, 11) is 2.19. The number of aryl methyl sites for hydroxylation is 4. The smallest absolute Gasteiger partial charge is 0.201 e. The van der Waals surface area contributed by atoms with Gasteiger partial charge in [-0.2, -0.15) is 0 Å². The van der Waals surface area contributed by atoms with Gasteiger partial charge in [-0.25, -0.2) is 4.99 Å². The van der Waals surface area contributed by atoms with E-state index >= 15 is 0 Å². The number of nitrogens with zero attached hydrogens (tertiary/aromatic N) is 2. The molecule has 0 aliphatic rings. The molecule has 0 radical (unpaired) electrons. The predicted molar refractivity (Wildman–Crippen MR) is 142 cm³/mol. The summed E-state index contributed by atoms with van der Waals surface area (Å²) in [5.41, 5.74) is 8.38. The van der Waals surface area contributed by atoms with E-state index < -0.39 is 0 Å². The highest BCUT2D eigenvalue weighted by molar-refractivity contribution is 7.50. The molecule has 0 saturated carbocycles. The van der Waals surface area contributed by atoms with Gasteiger partial charge in [0.2, 0.25) is 5.90 Å². The number of hydrogen-bond donors (Lipinski definition) is 0. The van der Waals surface area contributed by atoms with Gasteiger partial charge < -0.3 is 4.74 Å². The zero-order chi connectivity index (χ0) is 23.8. The molecular weight excluding hydrogens is 430 g/mol. The van der Waals surface area contributed by atoms with E-state index in [1.807, 2.05) is 0 Å². The maximum Gasteiger partial charge on any atom is 0.201 e. The van der Waals surface area contributed by atoms with E-state index in [2.05, 4.69) is 110 Å². The summed E-state index contributed by atoms with van der Waals surface area (Å²) < 4.78 is 9.06. The van der Waals surface area contributed by atoms with Gasteiger partial charge in [0.15, 0.2) is 5.21 Å². The van der Waals surface area contributed by atoms with Crippen molar-refractivity contribution in [1.29, 1.82) is 0 Å². The Labute approximate surface area is 197 Å². The molecule has 3 rings (SSSR count). The number of aromatic nitrogens is 1. The summed E-state index contributed by atoms with van der Waals surface area (Å²) in [5.74, 6) is 0.765. The average Bonchev–Trinajstić information content (AvgIpc) is 3.07. The van der Waals surface area contributed by atoms with Crippen LogP contribution < -0.4 is 4.74 Å². The molecule has 0 aliphatic carbocycles. The first-order chi connectivity index (χ1) is 14.8. The van der Waals surface area contributed by atoms with E-state index in [9.17, 15) is 0 Å². The van der Waals surface area contributed by atoms with Crippen molar-refractivity contribution in [1.82, 2.24) is 4.33 Å². The van der Waals surface area contributed by atoms with Crippen LogP contribution in [0, 0.1) is 33.1 Å². The molecule has 0 saturated heterocycles. The highest BCUT2D eigenvalue weighted by Gasteiger charge is 2.27. The van der Waals surface area contributed by atoms with Crippen LogP contribution in [-0.2, 0) is 5.41 Å². The fourth-order valence-corrected chi connectivity index (χ4v) is 6.58. The van der Waals surface area contributed by atoms with Gasteiger partial charge in [0.25, 0.3) is 0 Å². The summed E-state index contributed by atoms with van der Waals surface area (Å²) in [5, 5.41) is 1.01. The standard InChI is InChI=1S/C27H36N2OP2/c1-17-13-11-14-18(2)21(17)28-23(26(5,6)7)30-25-31-24(27(8,9)10)29(32-25)22-19(3)15-12-16-20(22)4/h11-16H,1-10H3. The number of benzene rings is 2. The minimum atomic E-state index is -0.208. The second-order valence-electron chi connectivity index (χ2n) is 10.6.